The third-order valence-electron chi connectivity index (χ3n) is 4.46. The second-order valence-electron chi connectivity index (χ2n) is 6.15. The maximum Gasteiger partial charge on any atom is 0.242 e. The van der Waals surface area contributed by atoms with Gasteiger partial charge in [0.25, 0.3) is 0 Å². The molecule has 22 heavy (non-hydrogen) atoms. The van der Waals surface area contributed by atoms with E-state index in [4.69, 9.17) is 0 Å². The monoisotopic (exact) mass is 318 g/mol. The molecular weight excluding hydrogens is 296 g/mol. The molecule has 1 aliphatic carbocycles. The van der Waals surface area contributed by atoms with Crippen molar-refractivity contribution in [1.29, 1.82) is 0 Å². The van der Waals surface area contributed by atoms with Gasteiger partial charge in [0.05, 0.1) is 11.6 Å². The summed E-state index contributed by atoms with van der Waals surface area (Å²) in [5.74, 6) is 1.92. The fourth-order valence-corrected chi connectivity index (χ4v) is 3.77. The Morgan fingerprint density at radius 3 is 2.68 bits per heavy atom. The minimum Gasteiger partial charge on any atom is -0.334 e. The van der Waals surface area contributed by atoms with E-state index in [-0.39, 0.29) is 24.4 Å². The van der Waals surface area contributed by atoms with Gasteiger partial charge < -0.3 is 9.80 Å². The van der Waals surface area contributed by atoms with Crippen LogP contribution in [0.1, 0.15) is 25.3 Å². The van der Waals surface area contributed by atoms with Crippen LogP contribution in [0, 0.1) is 5.92 Å². The smallest absolute Gasteiger partial charge is 0.242 e. The predicted molar refractivity (Wildman–Crippen MR) is 88.2 cm³/mol. The minimum absolute atomic E-state index is 0.0686. The first-order chi connectivity index (χ1) is 10.6. The van der Waals surface area contributed by atoms with Crippen molar-refractivity contribution < 1.29 is 9.59 Å². The van der Waals surface area contributed by atoms with Crippen molar-refractivity contribution in [3.05, 3.63) is 35.9 Å². The maximum absolute atomic E-state index is 12.7. The second kappa shape index (κ2) is 6.73. The van der Waals surface area contributed by atoms with Crippen LogP contribution in [0.2, 0.25) is 0 Å². The molecule has 118 valence electrons. The Balaban J connectivity index is 1.69. The van der Waals surface area contributed by atoms with Gasteiger partial charge in [0.15, 0.2) is 0 Å². The van der Waals surface area contributed by atoms with E-state index in [1.807, 2.05) is 23.1 Å². The van der Waals surface area contributed by atoms with Gasteiger partial charge in [0, 0.05) is 12.6 Å². The van der Waals surface area contributed by atoms with E-state index >= 15 is 0 Å². The Hall–Kier alpha value is -1.49. The highest BCUT2D eigenvalue weighted by molar-refractivity contribution is 8.00. The zero-order chi connectivity index (χ0) is 15.5. The van der Waals surface area contributed by atoms with Crippen LogP contribution in [0.3, 0.4) is 0 Å². The van der Waals surface area contributed by atoms with Crippen LogP contribution in [0.5, 0.6) is 0 Å². The van der Waals surface area contributed by atoms with Crippen LogP contribution >= 0.6 is 11.8 Å². The highest BCUT2D eigenvalue weighted by Gasteiger charge is 2.35. The first-order valence-corrected chi connectivity index (χ1v) is 8.99. The average Bonchev–Trinajstić information content (AvgIpc) is 3.30. The van der Waals surface area contributed by atoms with Gasteiger partial charge in [-0.2, -0.15) is 0 Å². The number of rotatable bonds is 6. The normalized spacial score (nSPS) is 19.3. The number of hydrogen-bond acceptors (Lipinski definition) is 3. The molecule has 2 amide bonds. The van der Waals surface area contributed by atoms with Crippen molar-refractivity contribution >= 4 is 23.6 Å². The van der Waals surface area contributed by atoms with Gasteiger partial charge in [-0.1, -0.05) is 30.3 Å². The number of benzene rings is 1. The van der Waals surface area contributed by atoms with Crippen LogP contribution in [0.15, 0.2) is 30.3 Å². The molecule has 0 N–H and O–H groups in total. The molecule has 1 aliphatic heterocycles. The summed E-state index contributed by atoms with van der Waals surface area (Å²) in [6.45, 7) is 2.99. The van der Waals surface area contributed by atoms with Gasteiger partial charge in [-0.05, 0) is 31.2 Å². The predicted octanol–water partition coefficient (Wildman–Crippen LogP) is 2.35. The van der Waals surface area contributed by atoms with Crippen molar-refractivity contribution in [2.24, 2.45) is 5.92 Å². The minimum atomic E-state index is 0.0686. The average molecular weight is 318 g/mol. The number of carbonyl (C=O) groups is 2. The van der Waals surface area contributed by atoms with Crippen molar-refractivity contribution in [1.82, 2.24) is 9.80 Å². The van der Waals surface area contributed by atoms with E-state index in [9.17, 15) is 9.59 Å². The van der Waals surface area contributed by atoms with Crippen LogP contribution in [0.4, 0.5) is 0 Å². The number of carbonyl (C=O) groups excluding carboxylic acids is 2. The number of nitrogens with zero attached hydrogens (tertiary/aromatic N) is 2. The Bertz CT molecular complexity index is 545. The number of hydrogen-bond donors (Lipinski definition) is 0. The lowest BCUT2D eigenvalue weighted by Gasteiger charge is -2.31. The molecular formula is C17H22N2O2S. The van der Waals surface area contributed by atoms with E-state index in [0.29, 0.717) is 24.1 Å². The van der Waals surface area contributed by atoms with E-state index in [1.165, 1.54) is 12.8 Å². The fraction of sp³-hybridized carbons (Fsp3) is 0.529. The molecule has 4 nitrogen and oxygen atoms in total. The number of amides is 2. The quantitative estimate of drug-likeness (QED) is 0.808. The lowest BCUT2D eigenvalue weighted by molar-refractivity contribution is -0.140. The SMILES string of the molecule is CC(C1CC1)N(Cc1ccccc1)C(=O)CN1CSCC1=O. The summed E-state index contributed by atoms with van der Waals surface area (Å²) >= 11 is 1.58. The molecule has 1 saturated carbocycles. The molecule has 0 radical (unpaired) electrons. The molecule has 2 fully saturated rings. The first kappa shape index (κ1) is 15.4. The topological polar surface area (TPSA) is 40.6 Å². The summed E-state index contributed by atoms with van der Waals surface area (Å²) < 4.78 is 0. The van der Waals surface area contributed by atoms with Gasteiger partial charge in [-0.3, -0.25) is 9.59 Å². The van der Waals surface area contributed by atoms with Gasteiger partial charge in [0.1, 0.15) is 6.54 Å². The van der Waals surface area contributed by atoms with Crippen LogP contribution in [0.25, 0.3) is 0 Å². The molecule has 1 saturated heterocycles. The molecule has 1 heterocycles. The maximum atomic E-state index is 12.7. The zero-order valence-corrected chi connectivity index (χ0v) is 13.7. The molecule has 0 spiro atoms. The summed E-state index contributed by atoms with van der Waals surface area (Å²) in [5, 5.41) is 0. The van der Waals surface area contributed by atoms with Crippen molar-refractivity contribution in [3.63, 3.8) is 0 Å². The number of thioether (sulfide) groups is 1. The highest BCUT2D eigenvalue weighted by atomic mass is 32.2. The van der Waals surface area contributed by atoms with E-state index < -0.39 is 0 Å². The van der Waals surface area contributed by atoms with Crippen molar-refractivity contribution in [2.45, 2.75) is 32.4 Å². The Kier molecular flexibility index (Phi) is 4.71. The summed E-state index contributed by atoms with van der Waals surface area (Å²) in [7, 11) is 0. The van der Waals surface area contributed by atoms with E-state index in [0.717, 1.165) is 5.56 Å². The summed E-state index contributed by atoms with van der Waals surface area (Å²) in [6.07, 6.45) is 2.41. The molecule has 3 rings (SSSR count). The zero-order valence-electron chi connectivity index (χ0n) is 12.9. The molecule has 5 heteroatoms. The summed E-state index contributed by atoms with van der Waals surface area (Å²) in [6, 6.07) is 10.3. The van der Waals surface area contributed by atoms with Crippen LogP contribution < -0.4 is 0 Å². The van der Waals surface area contributed by atoms with Crippen molar-refractivity contribution in [2.75, 3.05) is 18.2 Å². The standard InChI is InChI=1S/C17H22N2O2S/c1-13(15-7-8-15)19(9-14-5-3-2-4-6-14)16(20)10-18-12-22-11-17(18)21/h2-6,13,15H,7-12H2,1H3. The Labute approximate surface area is 135 Å². The Morgan fingerprint density at radius 1 is 1.36 bits per heavy atom. The molecule has 1 aromatic carbocycles. The Morgan fingerprint density at radius 2 is 2.09 bits per heavy atom. The lowest BCUT2D eigenvalue weighted by Crippen LogP contribution is -2.45. The molecule has 0 aromatic heterocycles. The fourth-order valence-electron chi connectivity index (χ4n) is 2.87. The lowest BCUT2D eigenvalue weighted by atomic mass is 10.1. The van der Waals surface area contributed by atoms with Crippen molar-refractivity contribution in [3.8, 4) is 0 Å². The van der Waals surface area contributed by atoms with Gasteiger partial charge in [-0.15, -0.1) is 11.8 Å². The van der Waals surface area contributed by atoms with Crippen LogP contribution in [-0.4, -0.2) is 45.8 Å². The largest absolute Gasteiger partial charge is 0.334 e. The molecule has 1 atom stereocenters. The van der Waals surface area contributed by atoms with Gasteiger partial charge in [0.2, 0.25) is 11.8 Å². The molecule has 0 bridgehead atoms. The van der Waals surface area contributed by atoms with E-state index in [1.54, 1.807) is 16.7 Å². The second-order valence-corrected chi connectivity index (χ2v) is 7.11. The summed E-state index contributed by atoms with van der Waals surface area (Å²) in [5.41, 5.74) is 1.14. The molecule has 1 aromatic rings. The third-order valence-corrected chi connectivity index (χ3v) is 5.41. The first-order valence-electron chi connectivity index (χ1n) is 7.84. The highest BCUT2D eigenvalue weighted by Crippen LogP contribution is 2.35. The third kappa shape index (κ3) is 3.64. The van der Waals surface area contributed by atoms with Crippen LogP contribution in [-0.2, 0) is 16.1 Å². The molecule has 1 unspecified atom stereocenters. The van der Waals surface area contributed by atoms with Gasteiger partial charge in [-0.25, -0.2) is 0 Å². The summed E-state index contributed by atoms with van der Waals surface area (Å²) in [4.78, 5) is 28.1. The van der Waals surface area contributed by atoms with E-state index in [2.05, 4.69) is 19.1 Å². The van der Waals surface area contributed by atoms with Gasteiger partial charge >= 0.3 is 0 Å². The molecule has 2 aliphatic rings.